The minimum absolute atomic E-state index is 0.0267. The molecular weight excluding hydrogens is 423 g/mol. The molecule has 0 N–H and O–H groups in total. The smallest absolute Gasteiger partial charge is 0.359 e. The van der Waals surface area contributed by atoms with Crippen molar-refractivity contribution < 1.29 is 18.7 Å². The molecule has 1 amide bonds. The van der Waals surface area contributed by atoms with E-state index in [2.05, 4.69) is 10.00 Å². The molecule has 31 heavy (non-hydrogen) atoms. The Labute approximate surface area is 185 Å². The van der Waals surface area contributed by atoms with Gasteiger partial charge >= 0.3 is 5.97 Å². The molecule has 1 aromatic heterocycles. The van der Waals surface area contributed by atoms with Gasteiger partial charge in [-0.25, -0.2) is 9.18 Å². The summed E-state index contributed by atoms with van der Waals surface area (Å²) in [6.07, 6.45) is 2.55. The number of anilines is 1. The van der Waals surface area contributed by atoms with Crippen LogP contribution in [0.25, 0.3) is 0 Å². The van der Waals surface area contributed by atoms with Crippen LogP contribution in [0.1, 0.15) is 40.7 Å². The van der Waals surface area contributed by atoms with Gasteiger partial charge in [-0.15, -0.1) is 0 Å². The highest BCUT2D eigenvalue weighted by atomic mass is 35.5. The molecular formula is C22H26ClFN4O3. The maximum absolute atomic E-state index is 13.7. The zero-order valence-electron chi connectivity index (χ0n) is 17.8. The summed E-state index contributed by atoms with van der Waals surface area (Å²) in [6, 6.07) is 3.11. The van der Waals surface area contributed by atoms with E-state index in [0.717, 1.165) is 36.2 Å². The molecule has 0 saturated carbocycles. The molecule has 2 heterocycles. The Hall–Kier alpha value is -2.61. The van der Waals surface area contributed by atoms with E-state index in [4.69, 9.17) is 16.3 Å². The Kier molecular flexibility index (Phi) is 6.18. The van der Waals surface area contributed by atoms with Crippen LogP contribution >= 0.6 is 11.6 Å². The lowest BCUT2D eigenvalue weighted by Crippen LogP contribution is -2.50. The number of esters is 1. The highest BCUT2D eigenvalue weighted by Gasteiger charge is 2.29. The third-order valence-corrected chi connectivity index (χ3v) is 6.51. The second-order valence-electron chi connectivity index (χ2n) is 7.88. The predicted octanol–water partition coefficient (Wildman–Crippen LogP) is 3.00. The van der Waals surface area contributed by atoms with E-state index in [0.29, 0.717) is 44.0 Å². The molecule has 0 bridgehead atoms. The second kappa shape index (κ2) is 8.86. The number of benzene rings is 1. The summed E-state index contributed by atoms with van der Waals surface area (Å²) in [6.45, 7) is 6.37. The molecule has 2 aliphatic rings. The van der Waals surface area contributed by atoms with Crippen LogP contribution < -0.4 is 4.90 Å². The summed E-state index contributed by atoms with van der Waals surface area (Å²) in [5.74, 6) is -0.874. The van der Waals surface area contributed by atoms with Crippen molar-refractivity contribution >= 4 is 29.2 Å². The lowest BCUT2D eigenvalue weighted by Gasteiger charge is -2.37. The van der Waals surface area contributed by atoms with Gasteiger partial charge in [0, 0.05) is 43.1 Å². The SMILES string of the molecule is CCOC(=O)c1nn(CC(=O)N2CCN(c3ccc(F)c(Cl)c3C)CC2)c2c1CCC2. The largest absolute Gasteiger partial charge is 0.461 e. The van der Waals surface area contributed by atoms with E-state index in [9.17, 15) is 14.0 Å². The molecule has 7 nitrogen and oxygen atoms in total. The Morgan fingerprint density at radius 2 is 1.94 bits per heavy atom. The summed E-state index contributed by atoms with van der Waals surface area (Å²) in [5, 5.41) is 4.55. The van der Waals surface area contributed by atoms with Crippen molar-refractivity contribution in [3.05, 3.63) is 45.5 Å². The Morgan fingerprint density at radius 1 is 1.19 bits per heavy atom. The van der Waals surface area contributed by atoms with Crippen molar-refractivity contribution in [2.75, 3.05) is 37.7 Å². The number of ether oxygens (including phenoxy) is 1. The quantitative estimate of drug-likeness (QED) is 0.658. The number of fused-ring (bicyclic) bond motifs is 1. The highest BCUT2D eigenvalue weighted by molar-refractivity contribution is 6.31. The molecule has 0 spiro atoms. The number of hydrogen-bond acceptors (Lipinski definition) is 5. The normalized spacial score (nSPS) is 15.9. The monoisotopic (exact) mass is 448 g/mol. The number of amides is 1. The van der Waals surface area contributed by atoms with Gasteiger partial charge in [-0.2, -0.15) is 5.10 Å². The predicted molar refractivity (Wildman–Crippen MR) is 115 cm³/mol. The maximum Gasteiger partial charge on any atom is 0.359 e. The standard InChI is InChI=1S/C22H26ClFN4O3/c1-3-31-22(30)21-15-5-4-6-18(15)28(25-21)13-19(29)27-11-9-26(10-12-27)17-8-7-16(24)20(23)14(17)2/h7-8H,3-6,9-13H2,1-2H3. The van der Waals surface area contributed by atoms with E-state index in [-0.39, 0.29) is 17.5 Å². The molecule has 0 atom stereocenters. The maximum atomic E-state index is 13.7. The number of aromatic nitrogens is 2. The molecule has 1 aliphatic heterocycles. The molecule has 1 fully saturated rings. The van der Waals surface area contributed by atoms with Crippen LogP contribution in [0, 0.1) is 12.7 Å². The zero-order chi connectivity index (χ0) is 22.1. The summed E-state index contributed by atoms with van der Waals surface area (Å²) in [4.78, 5) is 29.1. The summed E-state index contributed by atoms with van der Waals surface area (Å²) in [5.41, 5.74) is 3.82. The van der Waals surface area contributed by atoms with E-state index in [1.54, 1.807) is 24.6 Å². The van der Waals surface area contributed by atoms with Crippen molar-refractivity contribution in [1.29, 1.82) is 0 Å². The average Bonchev–Trinajstić information content (AvgIpc) is 3.36. The third-order valence-electron chi connectivity index (χ3n) is 6.04. The Morgan fingerprint density at radius 3 is 2.65 bits per heavy atom. The molecule has 1 aliphatic carbocycles. The molecule has 0 radical (unpaired) electrons. The second-order valence-corrected chi connectivity index (χ2v) is 8.26. The van der Waals surface area contributed by atoms with Crippen LogP contribution in [0.15, 0.2) is 12.1 Å². The first-order chi connectivity index (χ1) is 14.9. The first kappa shape index (κ1) is 21.6. The molecule has 1 aromatic carbocycles. The van der Waals surface area contributed by atoms with Crippen LogP contribution in [-0.2, 0) is 28.9 Å². The number of nitrogens with zero attached hydrogens (tertiary/aromatic N) is 4. The summed E-state index contributed by atoms with van der Waals surface area (Å²) < 4.78 is 20.4. The van der Waals surface area contributed by atoms with Gasteiger partial charge in [-0.05, 0) is 50.8 Å². The summed E-state index contributed by atoms with van der Waals surface area (Å²) >= 11 is 6.05. The highest BCUT2D eigenvalue weighted by Crippen LogP contribution is 2.30. The van der Waals surface area contributed by atoms with E-state index in [1.807, 2.05) is 4.90 Å². The average molecular weight is 449 g/mol. The topological polar surface area (TPSA) is 67.7 Å². The van der Waals surface area contributed by atoms with E-state index >= 15 is 0 Å². The minimum atomic E-state index is -0.425. The van der Waals surface area contributed by atoms with Crippen LogP contribution in [0.5, 0.6) is 0 Å². The number of halogens is 2. The van der Waals surface area contributed by atoms with Gasteiger partial charge in [0.15, 0.2) is 5.69 Å². The number of carbonyl (C=O) groups excluding carboxylic acids is 2. The lowest BCUT2D eigenvalue weighted by atomic mass is 10.1. The van der Waals surface area contributed by atoms with Gasteiger partial charge in [0.25, 0.3) is 0 Å². The van der Waals surface area contributed by atoms with Gasteiger partial charge < -0.3 is 14.5 Å². The van der Waals surface area contributed by atoms with Gasteiger partial charge in [-0.3, -0.25) is 9.48 Å². The van der Waals surface area contributed by atoms with Crippen molar-refractivity contribution in [3.63, 3.8) is 0 Å². The zero-order valence-corrected chi connectivity index (χ0v) is 18.5. The van der Waals surface area contributed by atoms with Gasteiger partial charge in [0.2, 0.25) is 5.91 Å². The summed E-state index contributed by atoms with van der Waals surface area (Å²) in [7, 11) is 0. The molecule has 166 valence electrons. The Balaban J connectivity index is 1.42. The van der Waals surface area contributed by atoms with Crippen LogP contribution in [0.4, 0.5) is 10.1 Å². The molecule has 4 rings (SSSR count). The van der Waals surface area contributed by atoms with Crippen molar-refractivity contribution in [2.45, 2.75) is 39.7 Å². The first-order valence-corrected chi connectivity index (χ1v) is 11.0. The van der Waals surface area contributed by atoms with Crippen molar-refractivity contribution in [1.82, 2.24) is 14.7 Å². The van der Waals surface area contributed by atoms with Crippen molar-refractivity contribution in [3.8, 4) is 0 Å². The van der Waals surface area contributed by atoms with Crippen LogP contribution in [-0.4, -0.2) is 59.3 Å². The first-order valence-electron chi connectivity index (χ1n) is 10.6. The molecule has 2 aromatic rings. The van der Waals surface area contributed by atoms with E-state index in [1.165, 1.54) is 6.07 Å². The fourth-order valence-corrected chi connectivity index (χ4v) is 4.57. The minimum Gasteiger partial charge on any atom is -0.461 e. The van der Waals surface area contributed by atoms with Gasteiger partial charge in [0.1, 0.15) is 12.4 Å². The Bertz CT molecular complexity index is 1010. The molecule has 0 unspecified atom stereocenters. The van der Waals surface area contributed by atoms with Gasteiger partial charge in [0.05, 0.1) is 11.6 Å². The number of piperazine rings is 1. The number of hydrogen-bond donors (Lipinski definition) is 0. The third kappa shape index (κ3) is 4.13. The number of rotatable bonds is 5. The van der Waals surface area contributed by atoms with Crippen molar-refractivity contribution in [2.24, 2.45) is 0 Å². The van der Waals surface area contributed by atoms with E-state index < -0.39 is 11.8 Å². The fraction of sp³-hybridized carbons (Fsp3) is 0.500. The van der Waals surface area contributed by atoms with Crippen LogP contribution in [0.2, 0.25) is 5.02 Å². The molecule has 9 heteroatoms. The van der Waals surface area contributed by atoms with Crippen LogP contribution in [0.3, 0.4) is 0 Å². The van der Waals surface area contributed by atoms with Gasteiger partial charge in [-0.1, -0.05) is 11.6 Å². The number of carbonyl (C=O) groups is 2. The fourth-order valence-electron chi connectivity index (χ4n) is 4.41. The molecule has 1 saturated heterocycles. The lowest BCUT2D eigenvalue weighted by molar-refractivity contribution is -0.132.